The minimum atomic E-state index is -0.605. The zero-order valence-corrected chi connectivity index (χ0v) is 8.33. The highest BCUT2D eigenvalue weighted by Gasteiger charge is 2.02. The van der Waals surface area contributed by atoms with E-state index in [0.29, 0.717) is 5.92 Å². The maximum atomic E-state index is 9.27. The standard InChI is InChI=1S/C12H17O/c1-9(2)7-11-5-4-6-12(8-11)10(3)13/h4-6,8-10,13H,3,7H2,1-2H3. The predicted octanol–water partition coefficient (Wildman–Crippen LogP) is 2.75. The number of hydrogen-bond acceptors (Lipinski definition) is 1. The van der Waals surface area contributed by atoms with Crippen molar-refractivity contribution < 1.29 is 5.11 Å². The van der Waals surface area contributed by atoms with Crippen molar-refractivity contribution in [3.8, 4) is 0 Å². The normalized spacial score (nSPS) is 13.3. The molecule has 0 amide bonds. The Morgan fingerprint density at radius 1 is 1.38 bits per heavy atom. The van der Waals surface area contributed by atoms with Crippen LogP contribution in [0.25, 0.3) is 0 Å². The topological polar surface area (TPSA) is 20.2 Å². The van der Waals surface area contributed by atoms with E-state index in [4.69, 9.17) is 0 Å². The summed E-state index contributed by atoms with van der Waals surface area (Å²) in [5, 5.41) is 9.27. The van der Waals surface area contributed by atoms with Gasteiger partial charge in [-0.25, -0.2) is 0 Å². The van der Waals surface area contributed by atoms with E-state index in [2.05, 4.69) is 26.8 Å². The van der Waals surface area contributed by atoms with Crippen molar-refractivity contribution >= 4 is 0 Å². The van der Waals surface area contributed by atoms with Crippen LogP contribution in [0.4, 0.5) is 0 Å². The molecular formula is C12H17O. The third-order valence-corrected chi connectivity index (χ3v) is 1.98. The zero-order chi connectivity index (χ0) is 9.84. The van der Waals surface area contributed by atoms with Crippen LogP contribution in [0.3, 0.4) is 0 Å². The van der Waals surface area contributed by atoms with Gasteiger partial charge in [0.25, 0.3) is 0 Å². The largest absolute Gasteiger partial charge is 0.388 e. The highest BCUT2D eigenvalue weighted by atomic mass is 16.3. The van der Waals surface area contributed by atoms with E-state index in [1.807, 2.05) is 18.2 Å². The number of aliphatic hydroxyl groups is 1. The molecule has 1 aromatic rings. The Morgan fingerprint density at radius 3 is 2.62 bits per heavy atom. The van der Waals surface area contributed by atoms with Gasteiger partial charge in [-0.1, -0.05) is 38.1 Å². The highest BCUT2D eigenvalue weighted by molar-refractivity contribution is 5.25. The number of benzene rings is 1. The fraction of sp³-hybridized carbons (Fsp3) is 0.417. The highest BCUT2D eigenvalue weighted by Crippen LogP contribution is 2.15. The van der Waals surface area contributed by atoms with Gasteiger partial charge < -0.3 is 5.11 Å². The average molecular weight is 177 g/mol. The van der Waals surface area contributed by atoms with Gasteiger partial charge in [0.05, 0.1) is 6.10 Å². The van der Waals surface area contributed by atoms with Gasteiger partial charge in [-0.3, -0.25) is 0 Å². The molecule has 0 aromatic heterocycles. The van der Waals surface area contributed by atoms with Crippen LogP contribution in [-0.4, -0.2) is 5.11 Å². The van der Waals surface area contributed by atoms with Gasteiger partial charge in [0, 0.05) is 0 Å². The van der Waals surface area contributed by atoms with Crippen LogP contribution in [-0.2, 0) is 6.42 Å². The smallest absolute Gasteiger partial charge is 0.0791 e. The molecule has 0 saturated heterocycles. The molecular weight excluding hydrogens is 160 g/mol. The Morgan fingerprint density at radius 2 is 2.08 bits per heavy atom. The van der Waals surface area contributed by atoms with Crippen LogP contribution in [0, 0.1) is 12.8 Å². The van der Waals surface area contributed by atoms with Gasteiger partial charge in [-0.05, 0) is 30.4 Å². The minimum Gasteiger partial charge on any atom is -0.388 e. The SMILES string of the molecule is [CH2]C(O)c1cccc(CC(C)C)c1. The molecule has 1 radical (unpaired) electrons. The van der Waals surface area contributed by atoms with Crippen molar-refractivity contribution in [2.75, 3.05) is 0 Å². The van der Waals surface area contributed by atoms with E-state index in [-0.39, 0.29) is 0 Å². The van der Waals surface area contributed by atoms with Gasteiger partial charge in [-0.2, -0.15) is 0 Å². The summed E-state index contributed by atoms with van der Waals surface area (Å²) in [6.45, 7) is 7.96. The van der Waals surface area contributed by atoms with E-state index >= 15 is 0 Å². The summed E-state index contributed by atoms with van der Waals surface area (Å²) >= 11 is 0. The lowest BCUT2D eigenvalue weighted by Gasteiger charge is -2.08. The lowest BCUT2D eigenvalue weighted by atomic mass is 10.00. The zero-order valence-electron chi connectivity index (χ0n) is 8.33. The molecule has 1 unspecified atom stereocenters. The van der Waals surface area contributed by atoms with Crippen molar-refractivity contribution in [3.63, 3.8) is 0 Å². The molecule has 0 aliphatic carbocycles. The number of aliphatic hydroxyl groups excluding tert-OH is 1. The van der Waals surface area contributed by atoms with Gasteiger partial charge in [0.15, 0.2) is 0 Å². The molecule has 1 nitrogen and oxygen atoms in total. The van der Waals surface area contributed by atoms with E-state index in [1.165, 1.54) is 5.56 Å². The first-order valence-electron chi connectivity index (χ1n) is 4.69. The monoisotopic (exact) mass is 177 g/mol. The Kier molecular flexibility index (Phi) is 3.49. The molecule has 1 N–H and O–H groups in total. The minimum absolute atomic E-state index is 0.605. The lowest BCUT2D eigenvalue weighted by molar-refractivity contribution is 0.226. The molecule has 0 aliphatic heterocycles. The van der Waals surface area contributed by atoms with Gasteiger partial charge >= 0.3 is 0 Å². The third-order valence-electron chi connectivity index (χ3n) is 1.98. The van der Waals surface area contributed by atoms with Crippen LogP contribution in [0.15, 0.2) is 24.3 Å². The molecule has 1 heteroatoms. The van der Waals surface area contributed by atoms with Crippen molar-refractivity contribution in [1.82, 2.24) is 0 Å². The Bertz CT molecular complexity index is 264. The summed E-state index contributed by atoms with van der Waals surface area (Å²) in [5.74, 6) is 0.650. The number of rotatable bonds is 3. The first-order valence-corrected chi connectivity index (χ1v) is 4.69. The third kappa shape index (κ3) is 3.19. The second-order valence-corrected chi connectivity index (χ2v) is 3.86. The second-order valence-electron chi connectivity index (χ2n) is 3.86. The molecule has 0 spiro atoms. The summed E-state index contributed by atoms with van der Waals surface area (Å²) in [6.07, 6.45) is 0.452. The molecule has 13 heavy (non-hydrogen) atoms. The fourth-order valence-electron chi connectivity index (χ4n) is 1.40. The van der Waals surface area contributed by atoms with E-state index < -0.39 is 6.10 Å². The molecule has 0 bridgehead atoms. The molecule has 1 atom stereocenters. The molecule has 0 fully saturated rings. The molecule has 0 saturated carbocycles. The van der Waals surface area contributed by atoms with Crippen LogP contribution in [0.1, 0.15) is 31.1 Å². The summed E-state index contributed by atoms with van der Waals surface area (Å²) in [7, 11) is 0. The van der Waals surface area contributed by atoms with E-state index in [9.17, 15) is 5.11 Å². The molecule has 1 rings (SSSR count). The summed E-state index contributed by atoms with van der Waals surface area (Å²) in [4.78, 5) is 0. The fourth-order valence-corrected chi connectivity index (χ4v) is 1.40. The van der Waals surface area contributed by atoms with Crippen molar-refractivity contribution in [3.05, 3.63) is 42.3 Å². The first kappa shape index (κ1) is 10.3. The summed E-state index contributed by atoms with van der Waals surface area (Å²) in [6, 6.07) is 7.99. The quantitative estimate of drug-likeness (QED) is 0.752. The predicted molar refractivity (Wildman–Crippen MR) is 55.3 cm³/mol. The maximum absolute atomic E-state index is 9.27. The van der Waals surface area contributed by atoms with Crippen molar-refractivity contribution in [2.24, 2.45) is 5.92 Å². The maximum Gasteiger partial charge on any atom is 0.0791 e. The molecule has 1 aromatic carbocycles. The van der Waals surface area contributed by atoms with Crippen LogP contribution in [0.5, 0.6) is 0 Å². The van der Waals surface area contributed by atoms with E-state index in [1.54, 1.807) is 0 Å². The van der Waals surface area contributed by atoms with Crippen LogP contribution < -0.4 is 0 Å². The lowest BCUT2D eigenvalue weighted by Crippen LogP contribution is -1.97. The van der Waals surface area contributed by atoms with Crippen LogP contribution >= 0.6 is 0 Å². The van der Waals surface area contributed by atoms with Gasteiger partial charge in [0.2, 0.25) is 0 Å². The molecule has 0 aliphatic rings. The van der Waals surface area contributed by atoms with Crippen LogP contribution in [0.2, 0.25) is 0 Å². The number of hydrogen-bond donors (Lipinski definition) is 1. The summed E-state index contributed by atoms with van der Waals surface area (Å²) in [5.41, 5.74) is 2.17. The summed E-state index contributed by atoms with van der Waals surface area (Å²) < 4.78 is 0. The molecule has 71 valence electrons. The Balaban J connectivity index is 2.79. The van der Waals surface area contributed by atoms with E-state index in [0.717, 1.165) is 12.0 Å². The second kappa shape index (κ2) is 4.43. The van der Waals surface area contributed by atoms with Crippen molar-refractivity contribution in [1.29, 1.82) is 0 Å². The van der Waals surface area contributed by atoms with Gasteiger partial charge in [-0.15, -0.1) is 0 Å². The Hall–Kier alpha value is -0.820. The first-order chi connectivity index (χ1) is 6.09. The van der Waals surface area contributed by atoms with Crippen molar-refractivity contribution in [2.45, 2.75) is 26.4 Å². The molecule has 0 heterocycles. The average Bonchev–Trinajstić information content (AvgIpc) is 2.03. The Labute approximate surface area is 80.4 Å². The van der Waals surface area contributed by atoms with Gasteiger partial charge in [0.1, 0.15) is 0 Å².